The van der Waals surface area contributed by atoms with Crippen molar-refractivity contribution >= 4 is 35.4 Å². The van der Waals surface area contributed by atoms with E-state index in [9.17, 15) is 14.4 Å². The predicted molar refractivity (Wildman–Crippen MR) is 102 cm³/mol. The average Bonchev–Trinajstić information content (AvgIpc) is 2.99. The molecular weight excluding hydrogens is 370 g/mol. The van der Waals surface area contributed by atoms with Crippen LogP contribution >= 0.6 is 11.8 Å². The molecule has 1 aromatic rings. The zero-order chi connectivity index (χ0) is 20.0. The lowest BCUT2D eigenvalue weighted by atomic mass is 9.97. The van der Waals surface area contributed by atoms with Gasteiger partial charge in [-0.2, -0.15) is 0 Å². The maximum atomic E-state index is 12.6. The topological polar surface area (TPSA) is 102 Å². The summed E-state index contributed by atoms with van der Waals surface area (Å²) in [6, 6.07) is 1.91. The molecule has 27 heavy (non-hydrogen) atoms. The average molecular weight is 397 g/mol. The van der Waals surface area contributed by atoms with Gasteiger partial charge in [-0.15, -0.1) is 11.8 Å². The Labute approximate surface area is 163 Å². The van der Waals surface area contributed by atoms with E-state index in [0.717, 1.165) is 31.0 Å². The molecule has 1 N–H and O–H groups in total. The van der Waals surface area contributed by atoms with E-state index in [4.69, 9.17) is 9.26 Å². The van der Waals surface area contributed by atoms with Crippen LogP contribution in [-0.4, -0.2) is 57.5 Å². The van der Waals surface area contributed by atoms with E-state index >= 15 is 0 Å². The van der Waals surface area contributed by atoms with Gasteiger partial charge in [-0.1, -0.05) is 5.16 Å². The predicted octanol–water partition coefficient (Wildman–Crippen LogP) is 2.38. The van der Waals surface area contributed by atoms with E-state index in [1.54, 1.807) is 19.9 Å². The first-order valence-electron chi connectivity index (χ1n) is 9.10. The van der Waals surface area contributed by atoms with Gasteiger partial charge < -0.3 is 19.5 Å². The van der Waals surface area contributed by atoms with Gasteiger partial charge in [0.25, 0.3) is 5.91 Å². The summed E-state index contributed by atoms with van der Waals surface area (Å²) in [5.74, 6) is 0.0381. The van der Waals surface area contributed by atoms with E-state index in [0.29, 0.717) is 11.6 Å². The summed E-state index contributed by atoms with van der Waals surface area (Å²) in [6.45, 7) is 7.36. The molecular formula is C18H27N3O5S. The number of piperidine rings is 1. The summed E-state index contributed by atoms with van der Waals surface area (Å²) in [5.41, 5.74) is 0. The molecule has 8 nitrogen and oxygen atoms in total. The van der Waals surface area contributed by atoms with Crippen LogP contribution in [0.1, 0.15) is 45.8 Å². The molecule has 1 aromatic heterocycles. The minimum absolute atomic E-state index is 0.00596. The van der Waals surface area contributed by atoms with Crippen LogP contribution in [0.4, 0.5) is 5.82 Å². The van der Waals surface area contributed by atoms with E-state index in [-0.39, 0.29) is 35.4 Å². The molecule has 9 heteroatoms. The lowest BCUT2D eigenvalue weighted by molar-refractivity contribution is -0.160. The normalized spacial score (nSPS) is 20.8. The molecule has 0 aliphatic carbocycles. The van der Waals surface area contributed by atoms with Crippen molar-refractivity contribution in [2.24, 2.45) is 0 Å². The van der Waals surface area contributed by atoms with Crippen molar-refractivity contribution < 1.29 is 23.6 Å². The number of rotatable bonds is 7. The first-order chi connectivity index (χ1) is 12.8. The van der Waals surface area contributed by atoms with Crippen molar-refractivity contribution in [2.45, 2.75) is 65.1 Å². The molecule has 2 rings (SSSR count). The number of esters is 1. The highest BCUT2D eigenvalue weighted by atomic mass is 32.2. The van der Waals surface area contributed by atoms with Gasteiger partial charge in [-0.05, 0) is 47.0 Å². The highest BCUT2D eigenvalue weighted by molar-refractivity contribution is 8.00. The van der Waals surface area contributed by atoms with E-state index < -0.39 is 12.1 Å². The quantitative estimate of drug-likeness (QED) is 0.705. The number of amides is 2. The Balaban J connectivity index is 1.71. The number of thioether (sulfide) groups is 1. The molecule has 0 saturated carbocycles. The molecule has 0 radical (unpaired) electrons. The number of carbonyl (C=O) groups is 3. The number of anilines is 1. The lowest BCUT2D eigenvalue weighted by Crippen LogP contribution is -2.51. The SMILES string of the molecule is Cc1cc(NC(=O)CSCC(=O)O[C@H](C)C(=O)N2[C@@H](C)CCC[C@@H]2C)no1. The Hall–Kier alpha value is -2.03. The fourth-order valence-corrected chi connectivity index (χ4v) is 3.77. The Kier molecular flexibility index (Phi) is 7.70. The number of nitrogens with one attached hydrogen (secondary N) is 1. The molecule has 1 saturated heterocycles. The summed E-state index contributed by atoms with van der Waals surface area (Å²) in [4.78, 5) is 38.2. The number of nitrogens with zero attached hydrogens (tertiary/aromatic N) is 2. The molecule has 0 spiro atoms. The van der Waals surface area contributed by atoms with Crippen LogP contribution in [0, 0.1) is 6.92 Å². The molecule has 2 heterocycles. The van der Waals surface area contributed by atoms with Gasteiger partial charge in [0.05, 0.1) is 11.5 Å². The van der Waals surface area contributed by atoms with Crippen molar-refractivity contribution in [3.05, 3.63) is 11.8 Å². The fraction of sp³-hybridized carbons (Fsp3) is 0.667. The van der Waals surface area contributed by atoms with Crippen LogP contribution in [-0.2, 0) is 19.1 Å². The Morgan fingerprint density at radius 3 is 2.59 bits per heavy atom. The molecule has 1 aliphatic rings. The van der Waals surface area contributed by atoms with E-state index in [1.807, 2.05) is 18.7 Å². The van der Waals surface area contributed by atoms with Gasteiger partial charge in [0.1, 0.15) is 5.76 Å². The van der Waals surface area contributed by atoms with Crippen molar-refractivity contribution in [1.29, 1.82) is 0 Å². The Morgan fingerprint density at radius 2 is 2.00 bits per heavy atom. The molecule has 0 aromatic carbocycles. The van der Waals surface area contributed by atoms with Crippen LogP contribution in [0.5, 0.6) is 0 Å². The smallest absolute Gasteiger partial charge is 0.316 e. The van der Waals surface area contributed by atoms with Crippen LogP contribution < -0.4 is 5.32 Å². The molecule has 0 bridgehead atoms. The number of likely N-dealkylation sites (tertiary alicyclic amines) is 1. The number of hydrogen-bond donors (Lipinski definition) is 1. The Bertz CT molecular complexity index is 668. The minimum atomic E-state index is -0.826. The van der Waals surface area contributed by atoms with Gasteiger partial charge in [0.2, 0.25) is 5.91 Å². The number of aryl methyl sites for hydroxylation is 1. The van der Waals surface area contributed by atoms with Crippen LogP contribution in [0.2, 0.25) is 0 Å². The van der Waals surface area contributed by atoms with Gasteiger partial charge in [0.15, 0.2) is 11.9 Å². The highest BCUT2D eigenvalue weighted by Crippen LogP contribution is 2.23. The first-order valence-corrected chi connectivity index (χ1v) is 10.3. The van der Waals surface area contributed by atoms with Gasteiger partial charge in [-0.25, -0.2) is 0 Å². The zero-order valence-corrected chi connectivity index (χ0v) is 17.0. The molecule has 1 aliphatic heterocycles. The third-order valence-corrected chi connectivity index (χ3v) is 5.36. The maximum absolute atomic E-state index is 12.6. The second-order valence-electron chi connectivity index (χ2n) is 6.87. The third kappa shape index (κ3) is 6.27. The fourth-order valence-electron chi connectivity index (χ4n) is 3.18. The molecule has 1 fully saturated rings. The monoisotopic (exact) mass is 397 g/mol. The number of ether oxygens (including phenoxy) is 1. The largest absolute Gasteiger partial charge is 0.452 e. The van der Waals surface area contributed by atoms with Crippen LogP contribution in [0.3, 0.4) is 0 Å². The molecule has 0 unspecified atom stereocenters. The zero-order valence-electron chi connectivity index (χ0n) is 16.2. The summed E-state index contributed by atoms with van der Waals surface area (Å²) < 4.78 is 10.1. The highest BCUT2D eigenvalue weighted by Gasteiger charge is 2.33. The summed E-state index contributed by atoms with van der Waals surface area (Å²) in [6.07, 6.45) is 2.21. The number of hydrogen-bond acceptors (Lipinski definition) is 7. The van der Waals surface area contributed by atoms with Gasteiger partial charge >= 0.3 is 5.97 Å². The second kappa shape index (κ2) is 9.77. The Morgan fingerprint density at radius 1 is 1.33 bits per heavy atom. The van der Waals surface area contributed by atoms with Gasteiger partial charge in [-0.3, -0.25) is 14.4 Å². The molecule has 2 amide bonds. The third-order valence-electron chi connectivity index (χ3n) is 4.45. The summed E-state index contributed by atoms with van der Waals surface area (Å²) in [7, 11) is 0. The van der Waals surface area contributed by atoms with Gasteiger partial charge in [0, 0.05) is 18.2 Å². The number of aromatic nitrogens is 1. The second-order valence-corrected chi connectivity index (χ2v) is 7.86. The van der Waals surface area contributed by atoms with Crippen molar-refractivity contribution in [3.63, 3.8) is 0 Å². The van der Waals surface area contributed by atoms with Crippen molar-refractivity contribution in [1.82, 2.24) is 10.1 Å². The van der Waals surface area contributed by atoms with Crippen LogP contribution in [0.25, 0.3) is 0 Å². The summed E-state index contributed by atoms with van der Waals surface area (Å²) in [5, 5.41) is 6.23. The van der Waals surface area contributed by atoms with E-state index in [2.05, 4.69) is 10.5 Å². The molecule has 150 valence electrons. The van der Waals surface area contributed by atoms with E-state index in [1.165, 1.54) is 0 Å². The number of carbonyl (C=O) groups excluding carboxylic acids is 3. The maximum Gasteiger partial charge on any atom is 0.316 e. The van der Waals surface area contributed by atoms with Crippen molar-refractivity contribution in [2.75, 3.05) is 16.8 Å². The molecule has 3 atom stereocenters. The van der Waals surface area contributed by atoms with Crippen LogP contribution in [0.15, 0.2) is 10.6 Å². The minimum Gasteiger partial charge on any atom is -0.452 e. The van der Waals surface area contributed by atoms with Crippen molar-refractivity contribution in [3.8, 4) is 0 Å². The first kappa shape index (κ1) is 21.3. The lowest BCUT2D eigenvalue weighted by Gasteiger charge is -2.40. The summed E-state index contributed by atoms with van der Waals surface area (Å²) >= 11 is 1.12. The standard InChI is InChI=1S/C18H27N3O5S/c1-11-6-5-7-12(2)21(11)18(24)14(4)25-17(23)10-27-9-16(22)19-15-8-13(3)26-20-15/h8,11-12,14H,5-7,9-10H2,1-4H3,(H,19,20,22)/t11-,12-,14+/m0/s1.